The number of thioether (sulfide) groups is 1. The number of benzene rings is 1. The summed E-state index contributed by atoms with van der Waals surface area (Å²) in [5.41, 5.74) is 1.37. The maximum absolute atomic E-state index is 3.26. The van der Waals surface area contributed by atoms with Crippen LogP contribution < -0.4 is 5.32 Å². The normalized spacial score (nSPS) is 17.4. The summed E-state index contributed by atoms with van der Waals surface area (Å²) in [6, 6.07) is 9.42. The van der Waals surface area contributed by atoms with Gasteiger partial charge in [0.05, 0.1) is 0 Å². The van der Waals surface area contributed by atoms with E-state index in [0.717, 1.165) is 5.92 Å². The van der Waals surface area contributed by atoms with E-state index < -0.39 is 0 Å². The molecule has 2 rings (SSSR count). The van der Waals surface area contributed by atoms with Gasteiger partial charge in [-0.3, -0.25) is 0 Å². The Morgan fingerprint density at radius 3 is 2.56 bits per heavy atom. The fourth-order valence-electron chi connectivity index (χ4n) is 1.77. The van der Waals surface area contributed by atoms with E-state index in [0.29, 0.717) is 6.04 Å². The summed E-state index contributed by atoms with van der Waals surface area (Å²) in [5, 5.41) is 3.26. The number of nitrogens with one attached hydrogen (secondary N) is 1. The zero-order chi connectivity index (χ0) is 11.4. The van der Waals surface area contributed by atoms with Crippen molar-refractivity contribution in [2.45, 2.75) is 37.1 Å². The fourth-order valence-corrected chi connectivity index (χ4v) is 2.78. The summed E-state index contributed by atoms with van der Waals surface area (Å²) in [6.07, 6.45) is 4.34. The molecule has 88 valence electrons. The molecule has 0 aromatic heterocycles. The minimum Gasteiger partial charge on any atom is -0.313 e. The first-order chi connectivity index (χ1) is 7.79. The van der Waals surface area contributed by atoms with E-state index in [9.17, 15) is 0 Å². The van der Waals surface area contributed by atoms with Crippen molar-refractivity contribution in [3.63, 3.8) is 0 Å². The van der Waals surface area contributed by atoms with Gasteiger partial charge < -0.3 is 5.32 Å². The molecule has 1 aliphatic rings. The van der Waals surface area contributed by atoms with Gasteiger partial charge in [0.2, 0.25) is 0 Å². The third kappa shape index (κ3) is 3.53. The Labute approximate surface area is 103 Å². The highest BCUT2D eigenvalue weighted by Crippen LogP contribution is 2.34. The van der Waals surface area contributed by atoms with Gasteiger partial charge in [0.15, 0.2) is 0 Å². The largest absolute Gasteiger partial charge is 0.313 e. The number of hydrogen-bond donors (Lipinski definition) is 1. The highest BCUT2D eigenvalue weighted by atomic mass is 32.2. The van der Waals surface area contributed by atoms with Crippen LogP contribution in [0.5, 0.6) is 0 Å². The van der Waals surface area contributed by atoms with Crippen LogP contribution in [0.1, 0.15) is 37.8 Å². The molecule has 1 fully saturated rings. The molecule has 0 aliphatic heterocycles. The third-order valence-electron chi connectivity index (χ3n) is 3.30. The van der Waals surface area contributed by atoms with Crippen LogP contribution in [-0.2, 0) is 0 Å². The van der Waals surface area contributed by atoms with Gasteiger partial charge in [-0.1, -0.05) is 25.0 Å². The zero-order valence-corrected chi connectivity index (χ0v) is 11.0. The first-order valence-electron chi connectivity index (χ1n) is 6.19. The first-order valence-corrected chi connectivity index (χ1v) is 7.18. The molecule has 16 heavy (non-hydrogen) atoms. The molecule has 0 radical (unpaired) electrons. The van der Waals surface area contributed by atoms with Gasteiger partial charge in [0.1, 0.15) is 0 Å². The van der Waals surface area contributed by atoms with Crippen molar-refractivity contribution in [3.8, 4) is 0 Å². The van der Waals surface area contributed by atoms with E-state index in [4.69, 9.17) is 0 Å². The van der Waals surface area contributed by atoms with E-state index in [1.54, 1.807) is 0 Å². The van der Waals surface area contributed by atoms with Gasteiger partial charge in [-0.25, -0.2) is 0 Å². The van der Waals surface area contributed by atoms with Crippen LogP contribution in [0.3, 0.4) is 0 Å². The summed E-state index contributed by atoms with van der Waals surface area (Å²) in [6.45, 7) is 2.19. The maximum atomic E-state index is 3.26. The molecule has 1 aliphatic carbocycles. The molecule has 0 heterocycles. The molecule has 1 unspecified atom stereocenters. The molecule has 2 heteroatoms. The molecular weight excluding hydrogens is 214 g/mol. The average molecular weight is 235 g/mol. The molecule has 1 saturated carbocycles. The number of rotatable bonds is 6. The van der Waals surface area contributed by atoms with Crippen molar-refractivity contribution in [1.82, 2.24) is 5.32 Å². The van der Waals surface area contributed by atoms with Gasteiger partial charge in [0.25, 0.3) is 0 Å². The van der Waals surface area contributed by atoms with Crippen molar-refractivity contribution >= 4 is 11.8 Å². The molecule has 1 aromatic rings. The lowest BCUT2D eigenvalue weighted by Crippen LogP contribution is -2.11. The van der Waals surface area contributed by atoms with Crippen LogP contribution in [0.15, 0.2) is 29.2 Å². The zero-order valence-electron chi connectivity index (χ0n) is 10.2. The van der Waals surface area contributed by atoms with Crippen molar-refractivity contribution in [2.24, 2.45) is 5.92 Å². The van der Waals surface area contributed by atoms with E-state index >= 15 is 0 Å². The van der Waals surface area contributed by atoms with E-state index in [1.807, 2.05) is 18.8 Å². The lowest BCUT2D eigenvalue weighted by molar-refractivity contribution is 0.652. The first kappa shape index (κ1) is 12.0. The summed E-state index contributed by atoms with van der Waals surface area (Å²) in [7, 11) is 2.00. The van der Waals surface area contributed by atoms with Crippen molar-refractivity contribution in [2.75, 3.05) is 12.8 Å². The third-order valence-corrected chi connectivity index (χ3v) is 4.35. The Morgan fingerprint density at radius 2 is 2.00 bits per heavy atom. The van der Waals surface area contributed by atoms with Gasteiger partial charge >= 0.3 is 0 Å². The Kier molecular flexibility index (Phi) is 4.30. The Bertz CT molecular complexity index is 316. The van der Waals surface area contributed by atoms with Gasteiger partial charge in [-0.2, -0.15) is 0 Å². The lowest BCUT2D eigenvalue weighted by Gasteiger charge is -2.10. The maximum Gasteiger partial charge on any atom is 0.0289 e. The predicted molar refractivity (Wildman–Crippen MR) is 72.0 cm³/mol. The smallest absolute Gasteiger partial charge is 0.0289 e. The summed E-state index contributed by atoms with van der Waals surface area (Å²) >= 11 is 2.00. The van der Waals surface area contributed by atoms with Crippen LogP contribution in [-0.4, -0.2) is 12.8 Å². The average Bonchev–Trinajstić information content (AvgIpc) is 3.13. The molecule has 0 amide bonds. The summed E-state index contributed by atoms with van der Waals surface area (Å²) in [5.74, 6) is 2.34. The highest BCUT2D eigenvalue weighted by molar-refractivity contribution is 7.99. The van der Waals surface area contributed by atoms with Crippen LogP contribution in [0.4, 0.5) is 0 Å². The van der Waals surface area contributed by atoms with Crippen LogP contribution in [0.2, 0.25) is 0 Å². The Balaban J connectivity index is 1.80. The Morgan fingerprint density at radius 1 is 1.31 bits per heavy atom. The SMILES string of the molecule is CNC(C)c1ccc(SCCC2CC2)cc1. The monoisotopic (exact) mass is 235 g/mol. The molecule has 1 nitrogen and oxygen atoms in total. The lowest BCUT2D eigenvalue weighted by atomic mass is 10.1. The minimum absolute atomic E-state index is 0.450. The predicted octanol–water partition coefficient (Wildman–Crippen LogP) is 3.86. The van der Waals surface area contributed by atoms with Crippen LogP contribution in [0.25, 0.3) is 0 Å². The molecule has 1 atom stereocenters. The molecular formula is C14H21NS. The number of hydrogen-bond acceptors (Lipinski definition) is 2. The van der Waals surface area contributed by atoms with Crippen LogP contribution in [0, 0.1) is 5.92 Å². The highest BCUT2D eigenvalue weighted by Gasteiger charge is 2.20. The quantitative estimate of drug-likeness (QED) is 0.751. The molecule has 1 N–H and O–H groups in total. The van der Waals surface area contributed by atoms with Gasteiger partial charge in [-0.15, -0.1) is 11.8 Å². The second-order valence-corrected chi connectivity index (χ2v) is 5.83. The van der Waals surface area contributed by atoms with E-state index in [1.165, 1.54) is 35.5 Å². The summed E-state index contributed by atoms with van der Waals surface area (Å²) < 4.78 is 0. The van der Waals surface area contributed by atoms with Crippen molar-refractivity contribution in [1.29, 1.82) is 0 Å². The van der Waals surface area contributed by atoms with E-state index in [-0.39, 0.29) is 0 Å². The molecule has 0 bridgehead atoms. The molecule has 1 aromatic carbocycles. The van der Waals surface area contributed by atoms with Gasteiger partial charge in [0, 0.05) is 10.9 Å². The topological polar surface area (TPSA) is 12.0 Å². The second-order valence-electron chi connectivity index (χ2n) is 4.66. The Hall–Kier alpha value is -0.470. The molecule has 0 saturated heterocycles. The van der Waals surface area contributed by atoms with Crippen LogP contribution >= 0.6 is 11.8 Å². The van der Waals surface area contributed by atoms with Gasteiger partial charge in [-0.05, 0) is 49.8 Å². The van der Waals surface area contributed by atoms with Crippen molar-refractivity contribution < 1.29 is 0 Å². The fraction of sp³-hybridized carbons (Fsp3) is 0.571. The standard InChI is InChI=1S/C14H21NS/c1-11(15-2)13-5-7-14(8-6-13)16-10-9-12-3-4-12/h5-8,11-12,15H,3-4,9-10H2,1-2H3. The molecule has 0 spiro atoms. The van der Waals surface area contributed by atoms with E-state index in [2.05, 4.69) is 36.5 Å². The second kappa shape index (κ2) is 5.74. The van der Waals surface area contributed by atoms with Crippen molar-refractivity contribution in [3.05, 3.63) is 29.8 Å². The minimum atomic E-state index is 0.450. The summed E-state index contributed by atoms with van der Waals surface area (Å²) in [4.78, 5) is 1.41.